The van der Waals surface area contributed by atoms with E-state index in [4.69, 9.17) is 4.74 Å². The van der Waals surface area contributed by atoms with Crippen LogP contribution in [0.5, 0.6) is 5.75 Å². The Kier molecular flexibility index (Phi) is 7.94. The topological polar surface area (TPSA) is 105 Å². The molecule has 3 rings (SSSR count). The summed E-state index contributed by atoms with van der Waals surface area (Å²) in [7, 11) is -2.45. The number of ether oxygens (including phenoxy) is 1. The minimum absolute atomic E-state index is 0.0293. The molecule has 9 heteroatoms. The number of sulfonamides is 1. The van der Waals surface area contributed by atoms with Crippen LogP contribution in [0.25, 0.3) is 0 Å². The van der Waals surface area contributed by atoms with Crippen molar-refractivity contribution in [3.63, 3.8) is 0 Å². The second-order valence-corrected chi connectivity index (χ2v) is 10.1. The highest BCUT2D eigenvalue weighted by Gasteiger charge is 2.29. The van der Waals surface area contributed by atoms with Gasteiger partial charge in [-0.3, -0.25) is 9.59 Å². The lowest BCUT2D eigenvalue weighted by atomic mass is 9.87. The van der Waals surface area contributed by atoms with Crippen LogP contribution in [0.15, 0.2) is 23.1 Å². The number of nitrogens with zero attached hydrogens (tertiary/aromatic N) is 1. The van der Waals surface area contributed by atoms with E-state index in [0.29, 0.717) is 0 Å². The fourth-order valence-corrected chi connectivity index (χ4v) is 5.87. The third-order valence-corrected chi connectivity index (χ3v) is 7.73. The molecule has 0 radical (unpaired) electrons. The molecule has 2 fully saturated rings. The molecule has 1 aromatic carbocycles. The highest BCUT2D eigenvalue weighted by atomic mass is 32.2. The second kappa shape index (κ2) is 10.5. The van der Waals surface area contributed by atoms with Gasteiger partial charge in [0.05, 0.1) is 7.11 Å². The number of amides is 2. The molecule has 2 amide bonds. The first-order chi connectivity index (χ1) is 14.8. The van der Waals surface area contributed by atoms with Crippen molar-refractivity contribution >= 4 is 21.8 Å². The number of rotatable bonds is 8. The third kappa shape index (κ3) is 5.98. The molecule has 1 saturated heterocycles. The Bertz CT molecular complexity index is 896. The summed E-state index contributed by atoms with van der Waals surface area (Å²) in [5.41, 5.74) is 0.214. The summed E-state index contributed by atoms with van der Waals surface area (Å²) < 4.78 is 34.2. The SMILES string of the molecule is COc1ccc(C(=O)NCCC(=O)N2CCCC2)cc1S(=O)(=O)NC1CCCCC1C. The molecule has 2 unspecified atom stereocenters. The van der Waals surface area contributed by atoms with Crippen molar-refractivity contribution in [2.24, 2.45) is 5.92 Å². The van der Waals surface area contributed by atoms with Crippen LogP contribution in [0.1, 0.15) is 62.2 Å². The second-order valence-electron chi connectivity index (χ2n) is 8.45. The lowest BCUT2D eigenvalue weighted by molar-refractivity contribution is -0.129. The molecule has 1 aromatic rings. The maximum absolute atomic E-state index is 13.1. The van der Waals surface area contributed by atoms with Gasteiger partial charge in [-0.2, -0.15) is 0 Å². The highest BCUT2D eigenvalue weighted by Crippen LogP contribution is 2.29. The van der Waals surface area contributed by atoms with Gasteiger partial charge in [0, 0.05) is 37.7 Å². The van der Waals surface area contributed by atoms with Crippen LogP contribution in [0.2, 0.25) is 0 Å². The minimum atomic E-state index is -3.85. The van der Waals surface area contributed by atoms with Gasteiger partial charge in [0.2, 0.25) is 15.9 Å². The zero-order chi connectivity index (χ0) is 22.4. The number of hydrogen-bond donors (Lipinski definition) is 2. The van der Waals surface area contributed by atoms with Crippen LogP contribution in [-0.2, 0) is 14.8 Å². The normalized spacial score (nSPS) is 21.7. The van der Waals surface area contributed by atoms with E-state index in [0.717, 1.165) is 51.6 Å². The number of carbonyl (C=O) groups excluding carboxylic acids is 2. The Morgan fingerprint density at radius 2 is 1.84 bits per heavy atom. The molecule has 1 aliphatic carbocycles. The van der Waals surface area contributed by atoms with E-state index in [1.54, 1.807) is 0 Å². The van der Waals surface area contributed by atoms with Crippen molar-refractivity contribution < 1.29 is 22.7 Å². The average Bonchev–Trinajstić information content (AvgIpc) is 3.29. The molecule has 31 heavy (non-hydrogen) atoms. The molecule has 2 atom stereocenters. The summed E-state index contributed by atoms with van der Waals surface area (Å²) in [5.74, 6) is 0.0619. The largest absolute Gasteiger partial charge is 0.495 e. The lowest BCUT2D eigenvalue weighted by Crippen LogP contribution is -2.41. The maximum Gasteiger partial charge on any atom is 0.251 e. The molecule has 8 nitrogen and oxygen atoms in total. The van der Waals surface area contributed by atoms with Gasteiger partial charge in [0.1, 0.15) is 10.6 Å². The van der Waals surface area contributed by atoms with Gasteiger partial charge in [-0.15, -0.1) is 0 Å². The van der Waals surface area contributed by atoms with E-state index < -0.39 is 15.9 Å². The van der Waals surface area contributed by atoms with Crippen LogP contribution < -0.4 is 14.8 Å². The summed E-state index contributed by atoms with van der Waals surface area (Å²) in [4.78, 5) is 26.5. The molecule has 2 aliphatic rings. The van der Waals surface area contributed by atoms with Crippen molar-refractivity contribution in [1.29, 1.82) is 0 Å². The Labute approximate surface area is 184 Å². The van der Waals surface area contributed by atoms with Crippen LogP contribution >= 0.6 is 0 Å². The summed E-state index contributed by atoms with van der Waals surface area (Å²) in [6, 6.07) is 4.23. The van der Waals surface area contributed by atoms with Gasteiger partial charge in [0.25, 0.3) is 5.91 Å². The third-order valence-electron chi connectivity index (χ3n) is 6.22. The fraction of sp³-hybridized carbons (Fsp3) is 0.636. The zero-order valence-electron chi connectivity index (χ0n) is 18.4. The maximum atomic E-state index is 13.1. The van der Waals surface area contributed by atoms with Crippen molar-refractivity contribution in [2.45, 2.75) is 62.8 Å². The summed E-state index contributed by atoms with van der Waals surface area (Å²) >= 11 is 0. The van der Waals surface area contributed by atoms with Crippen molar-refractivity contribution in [3.8, 4) is 5.75 Å². The fourth-order valence-electron chi connectivity index (χ4n) is 4.29. The van der Waals surface area contributed by atoms with E-state index in [1.165, 1.54) is 25.3 Å². The number of benzene rings is 1. The molecule has 1 saturated carbocycles. The van der Waals surface area contributed by atoms with E-state index in [1.807, 2.05) is 4.90 Å². The summed E-state index contributed by atoms with van der Waals surface area (Å²) in [6.07, 6.45) is 6.17. The molecule has 0 aromatic heterocycles. The van der Waals surface area contributed by atoms with Crippen LogP contribution in [-0.4, -0.2) is 57.9 Å². The van der Waals surface area contributed by atoms with Crippen molar-refractivity contribution in [2.75, 3.05) is 26.7 Å². The van der Waals surface area contributed by atoms with Gasteiger partial charge in [-0.25, -0.2) is 13.1 Å². The van der Waals surface area contributed by atoms with E-state index >= 15 is 0 Å². The monoisotopic (exact) mass is 451 g/mol. The van der Waals surface area contributed by atoms with Gasteiger partial charge < -0.3 is 15.0 Å². The van der Waals surface area contributed by atoms with Gasteiger partial charge in [-0.05, 0) is 49.8 Å². The van der Waals surface area contributed by atoms with Gasteiger partial charge in [-0.1, -0.05) is 19.8 Å². The Morgan fingerprint density at radius 1 is 1.13 bits per heavy atom. The van der Waals surface area contributed by atoms with Crippen LogP contribution in [0.4, 0.5) is 0 Å². The first-order valence-electron chi connectivity index (χ1n) is 11.1. The van der Waals surface area contributed by atoms with Crippen LogP contribution in [0, 0.1) is 5.92 Å². The Hall–Kier alpha value is -2.13. The molecule has 1 aliphatic heterocycles. The average molecular weight is 452 g/mol. The number of nitrogens with one attached hydrogen (secondary N) is 2. The number of methoxy groups -OCH3 is 1. The Balaban J connectivity index is 1.67. The molecule has 172 valence electrons. The molecule has 0 bridgehead atoms. The number of hydrogen-bond acceptors (Lipinski definition) is 5. The smallest absolute Gasteiger partial charge is 0.251 e. The minimum Gasteiger partial charge on any atom is -0.495 e. The van der Waals surface area contributed by atoms with E-state index in [-0.39, 0.29) is 47.0 Å². The number of likely N-dealkylation sites (tertiary alicyclic amines) is 1. The predicted molar refractivity (Wildman–Crippen MR) is 117 cm³/mol. The zero-order valence-corrected chi connectivity index (χ0v) is 19.2. The number of carbonyl (C=O) groups is 2. The molecular formula is C22H33N3O5S. The standard InChI is InChI=1S/C22H33N3O5S/c1-16-7-3-4-8-18(16)24-31(28,29)20-15-17(9-10-19(20)30-2)22(27)23-12-11-21(26)25-13-5-6-14-25/h9-10,15-16,18,24H,3-8,11-14H2,1-2H3,(H,23,27). The summed E-state index contributed by atoms with van der Waals surface area (Å²) in [5, 5.41) is 2.72. The predicted octanol–water partition coefficient (Wildman–Crippen LogP) is 2.29. The quantitative estimate of drug-likeness (QED) is 0.631. The lowest BCUT2D eigenvalue weighted by Gasteiger charge is -2.29. The van der Waals surface area contributed by atoms with Gasteiger partial charge in [0.15, 0.2) is 0 Å². The van der Waals surface area contributed by atoms with E-state index in [2.05, 4.69) is 17.0 Å². The van der Waals surface area contributed by atoms with Crippen molar-refractivity contribution in [3.05, 3.63) is 23.8 Å². The van der Waals surface area contributed by atoms with Gasteiger partial charge >= 0.3 is 0 Å². The summed E-state index contributed by atoms with van der Waals surface area (Å²) in [6.45, 7) is 3.81. The molecular weight excluding hydrogens is 418 g/mol. The van der Waals surface area contributed by atoms with Crippen molar-refractivity contribution in [1.82, 2.24) is 14.9 Å². The molecule has 1 heterocycles. The first kappa shape index (κ1) is 23.5. The van der Waals surface area contributed by atoms with E-state index in [9.17, 15) is 18.0 Å². The highest BCUT2D eigenvalue weighted by molar-refractivity contribution is 7.89. The first-order valence-corrected chi connectivity index (χ1v) is 12.6. The molecule has 0 spiro atoms. The van der Waals surface area contributed by atoms with Crippen LogP contribution in [0.3, 0.4) is 0 Å². The molecule has 2 N–H and O–H groups in total. The Morgan fingerprint density at radius 3 is 2.52 bits per heavy atom.